The number of ether oxygens (including phenoxy) is 1. The van der Waals surface area contributed by atoms with E-state index in [2.05, 4.69) is 25.8 Å². The van der Waals surface area contributed by atoms with Crippen LogP contribution in [0.25, 0.3) is 0 Å². The van der Waals surface area contributed by atoms with Gasteiger partial charge in [0.1, 0.15) is 0 Å². The number of nitrogens with zero attached hydrogens (tertiary/aromatic N) is 1. The zero-order chi connectivity index (χ0) is 15.6. The topological polar surface area (TPSA) is 22.1 Å². The molecule has 2 rings (SSSR count). The number of alkyl halides is 1. The average Bonchev–Trinajstić information content (AvgIpc) is 2.41. The van der Waals surface area contributed by atoms with Crippen LogP contribution in [0.3, 0.4) is 0 Å². The van der Waals surface area contributed by atoms with Crippen molar-refractivity contribution in [1.29, 1.82) is 0 Å². The molecule has 0 spiro atoms. The largest absolute Gasteiger partial charge is 0.436 e. The molecule has 0 amide bonds. The SMILES string of the molecule is Cc1ccc(F)c(Oc2cc(CCl)cc(C(C)(C)C)n2)c1. The van der Waals surface area contributed by atoms with Crippen molar-refractivity contribution in [2.45, 2.75) is 39.0 Å². The standard InChI is InChI=1S/C17H19ClFNO/c1-11-5-6-13(19)14(7-11)21-16-9-12(10-18)8-15(20-16)17(2,3)4/h5-9H,10H2,1-4H3. The Labute approximate surface area is 129 Å². The molecule has 0 radical (unpaired) electrons. The molecular formula is C17H19ClFNO. The molecule has 1 aromatic carbocycles. The maximum Gasteiger partial charge on any atom is 0.219 e. The number of hydrogen-bond donors (Lipinski definition) is 0. The van der Waals surface area contributed by atoms with Crippen LogP contribution in [0.1, 0.15) is 37.6 Å². The number of rotatable bonds is 3. The van der Waals surface area contributed by atoms with E-state index in [1.165, 1.54) is 6.07 Å². The summed E-state index contributed by atoms with van der Waals surface area (Å²) in [5.74, 6) is 0.491. The van der Waals surface area contributed by atoms with E-state index < -0.39 is 5.82 Å². The van der Waals surface area contributed by atoms with Gasteiger partial charge in [0, 0.05) is 17.4 Å². The predicted molar refractivity (Wildman–Crippen MR) is 83.7 cm³/mol. The lowest BCUT2D eigenvalue weighted by molar-refractivity contribution is 0.420. The molecule has 2 nitrogen and oxygen atoms in total. The Morgan fingerprint density at radius 2 is 1.90 bits per heavy atom. The first-order valence-corrected chi connectivity index (χ1v) is 7.34. The van der Waals surface area contributed by atoms with E-state index in [-0.39, 0.29) is 11.2 Å². The quantitative estimate of drug-likeness (QED) is 0.712. The third-order valence-electron chi connectivity index (χ3n) is 3.09. The van der Waals surface area contributed by atoms with Crippen molar-refractivity contribution in [1.82, 2.24) is 4.98 Å². The van der Waals surface area contributed by atoms with Gasteiger partial charge in [0.25, 0.3) is 0 Å². The number of pyridine rings is 1. The van der Waals surface area contributed by atoms with Crippen LogP contribution in [0.5, 0.6) is 11.6 Å². The monoisotopic (exact) mass is 307 g/mol. The molecule has 1 heterocycles. The first-order valence-electron chi connectivity index (χ1n) is 6.81. The Kier molecular flexibility index (Phi) is 4.52. The fraction of sp³-hybridized carbons (Fsp3) is 0.353. The lowest BCUT2D eigenvalue weighted by Crippen LogP contribution is -2.14. The highest BCUT2D eigenvalue weighted by molar-refractivity contribution is 6.17. The highest BCUT2D eigenvalue weighted by Crippen LogP contribution is 2.29. The molecule has 112 valence electrons. The summed E-state index contributed by atoms with van der Waals surface area (Å²) >= 11 is 5.92. The minimum atomic E-state index is -0.406. The van der Waals surface area contributed by atoms with E-state index in [9.17, 15) is 4.39 Å². The van der Waals surface area contributed by atoms with Crippen molar-refractivity contribution in [2.75, 3.05) is 0 Å². The van der Waals surface area contributed by atoms with Crippen LogP contribution in [0, 0.1) is 12.7 Å². The molecule has 0 saturated heterocycles. The second kappa shape index (κ2) is 6.02. The van der Waals surface area contributed by atoms with Crippen molar-refractivity contribution >= 4 is 11.6 Å². The number of aryl methyl sites for hydroxylation is 1. The van der Waals surface area contributed by atoms with E-state index in [1.807, 2.05) is 13.0 Å². The van der Waals surface area contributed by atoms with Gasteiger partial charge in [0.05, 0.1) is 5.69 Å². The van der Waals surface area contributed by atoms with Gasteiger partial charge in [0.15, 0.2) is 11.6 Å². The van der Waals surface area contributed by atoms with E-state index in [4.69, 9.17) is 16.3 Å². The van der Waals surface area contributed by atoms with E-state index in [0.29, 0.717) is 11.8 Å². The Bertz CT molecular complexity index is 650. The second-order valence-corrected chi connectivity index (χ2v) is 6.39. The third kappa shape index (κ3) is 3.94. The minimum absolute atomic E-state index is 0.134. The summed E-state index contributed by atoms with van der Waals surface area (Å²) in [5.41, 5.74) is 2.56. The summed E-state index contributed by atoms with van der Waals surface area (Å²) in [6, 6.07) is 8.43. The van der Waals surface area contributed by atoms with E-state index in [0.717, 1.165) is 16.8 Å². The summed E-state index contributed by atoms with van der Waals surface area (Å²) in [6.07, 6.45) is 0. The highest BCUT2D eigenvalue weighted by Gasteiger charge is 2.18. The van der Waals surface area contributed by atoms with Crippen LogP contribution in [0.2, 0.25) is 0 Å². The fourth-order valence-corrected chi connectivity index (χ4v) is 2.03. The van der Waals surface area contributed by atoms with Crippen molar-refractivity contribution in [3.05, 3.63) is 53.0 Å². The first kappa shape index (κ1) is 15.8. The summed E-state index contributed by atoms with van der Waals surface area (Å²) in [6.45, 7) is 8.06. The Hall–Kier alpha value is -1.61. The van der Waals surface area contributed by atoms with E-state index in [1.54, 1.807) is 18.2 Å². The van der Waals surface area contributed by atoms with Gasteiger partial charge in [-0.25, -0.2) is 9.37 Å². The molecule has 0 aliphatic heterocycles. The van der Waals surface area contributed by atoms with Gasteiger partial charge < -0.3 is 4.74 Å². The normalized spacial score (nSPS) is 11.5. The third-order valence-corrected chi connectivity index (χ3v) is 3.39. The molecule has 0 aliphatic rings. The minimum Gasteiger partial charge on any atom is -0.436 e. The van der Waals surface area contributed by atoms with Gasteiger partial charge in [-0.1, -0.05) is 26.8 Å². The van der Waals surface area contributed by atoms with Gasteiger partial charge in [0.2, 0.25) is 5.88 Å². The van der Waals surface area contributed by atoms with Crippen LogP contribution < -0.4 is 4.74 Å². The molecule has 0 bridgehead atoms. The van der Waals surface area contributed by atoms with Crippen LogP contribution >= 0.6 is 11.6 Å². The van der Waals surface area contributed by atoms with Crippen LogP contribution in [0.4, 0.5) is 4.39 Å². The number of benzene rings is 1. The van der Waals surface area contributed by atoms with Gasteiger partial charge >= 0.3 is 0 Å². The number of aromatic nitrogens is 1. The summed E-state index contributed by atoms with van der Waals surface area (Å²) in [4.78, 5) is 4.47. The summed E-state index contributed by atoms with van der Waals surface area (Å²) < 4.78 is 19.4. The van der Waals surface area contributed by atoms with Crippen LogP contribution in [-0.4, -0.2) is 4.98 Å². The molecule has 21 heavy (non-hydrogen) atoms. The van der Waals surface area contributed by atoms with Gasteiger partial charge in [-0.05, 0) is 36.2 Å². The van der Waals surface area contributed by atoms with E-state index >= 15 is 0 Å². The molecule has 4 heteroatoms. The second-order valence-electron chi connectivity index (χ2n) is 6.12. The van der Waals surface area contributed by atoms with Crippen molar-refractivity contribution in [3.63, 3.8) is 0 Å². The zero-order valence-corrected chi connectivity index (χ0v) is 13.5. The molecule has 0 saturated carbocycles. The Morgan fingerprint density at radius 1 is 1.19 bits per heavy atom. The zero-order valence-electron chi connectivity index (χ0n) is 12.7. The summed E-state index contributed by atoms with van der Waals surface area (Å²) in [7, 11) is 0. The van der Waals surface area contributed by atoms with Gasteiger partial charge in [-0.2, -0.15) is 0 Å². The predicted octanol–water partition coefficient (Wildman–Crippen LogP) is 5.36. The van der Waals surface area contributed by atoms with Crippen LogP contribution in [0.15, 0.2) is 30.3 Å². The Morgan fingerprint density at radius 3 is 2.52 bits per heavy atom. The first-order chi connectivity index (χ1) is 9.79. The average molecular weight is 308 g/mol. The molecule has 1 aromatic heterocycles. The molecule has 0 unspecified atom stereocenters. The molecule has 0 aliphatic carbocycles. The number of hydrogen-bond acceptors (Lipinski definition) is 2. The maximum absolute atomic E-state index is 13.8. The highest BCUT2D eigenvalue weighted by atomic mass is 35.5. The van der Waals surface area contributed by atoms with Gasteiger partial charge in [-0.3, -0.25) is 0 Å². The van der Waals surface area contributed by atoms with Crippen molar-refractivity contribution in [2.24, 2.45) is 0 Å². The lowest BCUT2D eigenvalue weighted by Gasteiger charge is -2.19. The fourth-order valence-electron chi connectivity index (χ4n) is 1.87. The number of halogens is 2. The van der Waals surface area contributed by atoms with Gasteiger partial charge in [-0.15, -0.1) is 11.6 Å². The molecule has 0 fully saturated rings. The molecule has 0 atom stereocenters. The maximum atomic E-state index is 13.8. The lowest BCUT2D eigenvalue weighted by atomic mass is 9.91. The van der Waals surface area contributed by atoms with Crippen molar-refractivity contribution < 1.29 is 9.13 Å². The van der Waals surface area contributed by atoms with Crippen LogP contribution in [-0.2, 0) is 11.3 Å². The molecule has 2 aromatic rings. The molecule has 0 N–H and O–H groups in total. The Balaban J connectivity index is 2.42. The molecular weight excluding hydrogens is 289 g/mol. The summed E-state index contributed by atoms with van der Waals surface area (Å²) in [5, 5.41) is 0. The smallest absolute Gasteiger partial charge is 0.219 e. The van der Waals surface area contributed by atoms with Crippen molar-refractivity contribution in [3.8, 4) is 11.6 Å².